The number of hydrogen-bond acceptors (Lipinski definition) is 2. The SMILES string of the molecule is CCCCCCCCc1ccc2c(c1)sc1c2ccc2c3ccc(CCCCCCCC)cc3sc21. The van der Waals surface area contributed by atoms with Crippen molar-refractivity contribution in [1.29, 1.82) is 0 Å². The zero-order chi connectivity index (χ0) is 24.7. The van der Waals surface area contributed by atoms with Gasteiger partial charge in [-0.25, -0.2) is 0 Å². The minimum Gasteiger partial charge on any atom is -0.134 e. The monoisotopic (exact) mass is 514 g/mol. The third-order valence-electron chi connectivity index (χ3n) is 7.85. The van der Waals surface area contributed by atoms with Crippen molar-refractivity contribution in [3.63, 3.8) is 0 Å². The molecule has 0 spiro atoms. The van der Waals surface area contributed by atoms with Crippen LogP contribution >= 0.6 is 22.7 Å². The summed E-state index contributed by atoms with van der Waals surface area (Å²) in [5, 5.41) is 5.74. The van der Waals surface area contributed by atoms with Crippen molar-refractivity contribution < 1.29 is 0 Å². The lowest BCUT2D eigenvalue weighted by Gasteiger charge is -2.03. The van der Waals surface area contributed by atoms with Crippen LogP contribution in [-0.4, -0.2) is 0 Å². The Kier molecular flexibility index (Phi) is 8.98. The summed E-state index contributed by atoms with van der Waals surface area (Å²) < 4.78 is 5.89. The van der Waals surface area contributed by atoms with Gasteiger partial charge >= 0.3 is 0 Å². The second-order valence-electron chi connectivity index (χ2n) is 10.7. The Morgan fingerprint density at radius 2 is 0.833 bits per heavy atom. The maximum atomic E-state index is 2.48. The number of rotatable bonds is 14. The lowest BCUT2D eigenvalue weighted by molar-refractivity contribution is 0.607. The van der Waals surface area contributed by atoms with Crippen molar-refractivity contribution in [3.05, 3.63) is 59.7 Å². The molecule has 36 heavy (non-hydrogen) atoms. The summed E-state index contributed by atoms with van der Waals surface area (Å²) >= 11 is 4.02. The summed E-state index contributed by atoms with van der Waals surface area (Å²) in [5.74, 6) is 0. The van der Waals surface area contributed by atoms with Crippen molar-refractivity contribution in [2.24, 2.45) is 0 Å². The highest BCUT2D eigenvalue weighted by Gasteiger charge is 2.13. The molecule has 2 heterocycles. The van der Waals surface area contributed by atoms with Gasteiger partial charge in [-0.2, -0.15) is 0 Å². The summed E-state index contributed by atoms with van der Waals surface area (Å²) in [7, 11) is 0. The van der Waals surface area contributed by atoms with E-state index in [4.69, 9.17) is 0 Å². The fraction of sp³-hybridized carbons (Fsp3) is 0.471. The summed E-state index contributed by atoms with van der Waals surface area (Å²) in [6, 6.07) is 19.2. The first-order valence-corrected chi connectivity index (χ1v) is 16.2. The molecule has 0 aliphatic heterocycles. The number of hydrogen-bond donors (Lipinski definition) is 0. The lowest BCUT2D eigenvalue weighted by Crippen LogP contribution is -1.86. The van der Waals surface area contributed by atoms with Gasteiger partial charge in [0.25, 0.3) is 0 Å². The van der Waals surface area contributed by atoms with E-state index < -0.39 is 0 Å². The molecule has 0 unspecified atom stereocenters. The standard InChI is InChI=1S/C34H42S2/c1-3-5-7-9-11-13-15-25-17-19-27-29-21-22-30-28-20-18-26(16-14-12-10-8-6-4-2)24-32(28)36-34(30)33(29)35-31(27)23-25/h17-24H,3-16H2,1-2H3. The number of thiophene rings is 2. The maximum Gasteiger partial charge on any atom is 0.0534 e. The van der Waals surface area contributed by atoms with E-state index in [9.17, 15) is 0 Å². The lowest BCUT2D eigenvalue weighted by atomic mass is 10.0. The van der Waals surface area contributed by atoms with E-state index in [-0.39, 0.29) is 0 Å². The summed E-state index contributed by atoms with van der Waals surface area (Å²) in [5.41, 5.74) is 3.02. The quantitative estimate of drug-likeness (QED) is 0.129. The Bertz CT molecular complexity index is 1310. The number of benzene rings is 3. The van der Waals surface area contributed by atoms with Crippen molar-refractivity contribution in [2.75, 3.05) is 0 Å². The molecule has 2 heteroatoms. The molecule has 3 aromatic carbocycles. The van der Waals surface area contributed by atoms with E-state index in [1.807, 2.05) is 22.7 Å². The van der Waals surface area contributed by atoms with E-state index in [1.165, 1.54) is 141 Å². The molecule has 0 atom stereocenters. The first-order valence-electron chi connectivity index (χ1n) is 14.6. The molecule has 0 amide bonds. The minimum absolute atomic E-state index is 1.22. The van der Waals surface area contributed by atoms with Crippen molar-refractivity contribution in [2.45, 2.75) is 104 Å². The second kappa shape index (κ2) is 12.6. The number of aryl methyl sites for hydroxylation is 2. The van der Waals surface area contributed by atoms with Gasteiger partial charge in [-0.05, 0) is 48.9 Å². The van der Waals surface area contributed by atoms with Gasteiger partial charge in [0.05, 0.1) is 9.40 Å². The van der Waals surface area contributed by atoms with Crippen LogP contribution in [0.3, 0.4) is 0 Å². The van der Waals surface area contributed by atoms with Crippen molar-refractivity contribution >= 4 is 63.0 Å². The highest BCUT2D eigenvalue weighted by atomic mass is 32.1. The first kappa shape index (κ1) is 25.7. The second-order valence-corrected chi connectivity index (χ2v) is 12.8. The molecule has 0 nitrogen and oxygen atoms in total. The van der Waals surface area contributed by atoms with Crippen LogP contribution in [0.5, 0.6) is 0 Å². The molecule has 5 rings (SSSR count). The minimum atomic E-state index is 1.22. The van der Waals surface area contributed by atoms with Crippen molar-refractivity contribution in [1.82, 2.24) is 0 Å². The Morgan fingerprint density at radius 1 is 0.444 bits per heavy atom. The van der Waals surface area contributed by atoms with Gasteiger partial charge in [0.15, 0.2) is 0 Å². The fourth-order valence-corrected chi connectivity index (χ4v) is 8.35. The first-order chi connectivity index (χ1) is 17.8. The van der Waals surface area contributed by atoms with Crippen LogP contribution in [0, 0.1) is 0 Å². The molecule has 0 bridgehead atoms. The van der Waals surface area contributed by atoms with Crippen LogP contribution in [0.1, 0.15) is 102 Å². The summed E-state index contributed by atoms with van der Waals surface area (Å²) in [6.45, 7) is 4.59. The summed E-state index contributed by atoms with van der Waals surface area (Å²) in [4.78, 5) is 0. The molecule has 0 saturated heterocycles. The average molecular weight is 515 g/mol. The molecule has 0 fully saturated rings. The van der Waals surface area contributed by atoms with Crippen LogP contribution in [0.15, 0.2) is 48.5 Å². The zero-order valence-electron chi connectivity index (χ0n) is 22.3. The molecule has 5 aromatic rings. The Morgan fingerprint density at radius 3 is 1.28 bits per heavy atom. The smallest absolute Gasteiger partial charge is 0.0534 e. The van der Waals surface area contributed by atoms with E-state index >= 15 is 0 Å². The van der Waals surface area contributed by atoms with Crippen molar-refractivity contribution in [3.8, 4) is 0 Å². The van der Waals surface area contributed by atoms with Crippen LogP contribution in [0.2, 0.25) is 0 Å². The predicted octanol–water partition coefficient (Wildman–Crippen LogP) is 12.2. The largest absolute Gasteiger partial charge is 0.134 e. The molecule has 0 aliphatic rings. The molecule has 2 aromatic heterocycles. The fourth-order valence-electron chi connectivity index (χ4n) is 5.69. The van der Waals surface area contributed by atoms with Crippen LogP contribution in [-0.2, 0) is 12.8 Å². The molecular formula is C34H42S2. The predicted molar refractivity (Wildman–Crippen MR) is 166 cm³/mol. The van der Waals surface area contributed by atoms with Gasteiger partial charge in [-0.3, -0.25) is 0 Å². The topological polar surface area (TPSA) is 0 Å². The van der Waals surface area contributed by atoms with E-state index in [2.05, 4.69) is 62.4 Å². The Hall–Kier alpha value is -1.90. The van der Waals surface area contributed by atoms with Gasteiger partial charge in [-0.1, -0.05) is 114 Å². The Labute approximate surface area is 225 Å². The average Bonchev–Trinajstić information content (AvgIpc) is 3.45. The molecular weight excluding hydrogens is 473 g/mol. The van der Waals surface area contributed by atoms with E-state index in [1.54, 1.807) is 0 Å². The molecule has 190 valence electrons. The highest BCUT2D eigenvalue weighted by Crippen LogP contribution is 2.44. The molecule has 0 radical (unpaired) electrons. The normalized spacial score (nSPS) is 12.1. The van der Waals surface area contributed by atoms with Crippen LogP contribution < -0.4 is 0 Å². The third kappa shape index (κ3) is 5.81. The third-order valence-corrected chi connectivity index (χ3v) is 10.3. The van der Waals surface area contributed by atoms with E-state index in [0.717, 1.165) is 0 Å². The van der Waals surface area contributed by atoms with Gasteiger partial charge in [0.2, 0.25) is 0 Å². The number of unbranched alkanes of at least 4 members (excludes halogenated alkanes) is 10. The van der Waals surface area contributed by atoms with Gasteiger partial charge in [-0.15, -0.1) is 22.7 Å². The molecule has 0 aliphatic carbocycles. The maximum absolute atomic E-state index is 2.48. The van der Waals surface area contributed by atoms with E-state index in [0.29, 0.717) is 0 Å². The Balaban J connectivity index is 1.34. The van der Waals surface area contributed by atoms with Crippen LogP contribution in [0.4, 0.5) is 0 Å². The number of fused-ring (bicyclic) bond motifs is 7. The summed E-state index contributed by atoms with van der Waals surface area (Å²) in [6.07, 6.45) is 18.8. The molecule has 0 saturated carbocycles. The van der Waals surface area contributed by atoms with Crippen LogP contribution in [0.25, 0.3) is 40.3 Å². The van der Waals surface area contributed by atoms with Gasteiger partial charge < -0.3 is 0 Å². The van der Waals surface area contributed by atoms with Gasteiger partial charge in [0.1, 0.15) is 0 Å². The highest BCUT2D eigenvalue weighted by molar-refractivity contribution is 7.33. The molecule has 0 N–H and O–H groups in total. The zero-order valence-corrected chi connectivity index (χ0v) is 24.0. The van der Waals surface area contributed by atoms with Gasteiger partial charge in [0, 0.05) is 30.9 Å².